The molecule has 0 N–H and O–H groups in total. The van der Waals surface area contributed by atoms with E-state index in [9.17, 15) is 13.2 Å². The summed E-state index contributed by atoms with van der Waals surface area (Å²) in [4.78, 5) is 0.429. The number of rotatable bonds is 2. The fourth-order valence-electron chi connectivity index (χ4n) is 1.76. The van der Waals surface area contributed by atoms with Crippen LogP contribution in [0, 0.1) is 13.8 Å². The first-order chi connectivity index (χ1) is 8.71. The zero-order valence-electron chi connectivity index (χ0n) is 9.94. The molecular formula is C12H9BrClF3OS. The monoisotopic (exact) mass is 372 g/mol. The summed E-state index contributed by atoms with van der Waals surface area (Å²) in [6.45, 7) is 3.51. The van der Waals surface area contributed by atoms with Gasteiger partial charge < -0.3 is 4.42 Å². The molecule has 2 aromatic rings. The van der Waals surface area contributed by atoms with E-state index in [0.29, 0.717) is 22.0 Å². The predicted octanol–water partition coefficient (Wildman–Crippen LogP) is 6.07. The predicted molar refractivity (Wildman–Crippen MR) is 72.9 cm³/mol. The maximum Gasteiger partial charge on any atom is 0.418 e. The number of aryl methyl sites for hydroxylation is 2. The summed E-state index contributed by atoms with van der Waals surface area (Å²) in [7, 11) is 0. The Kier molecular flexibility index (Phi) is 4.05. The number of halogens is 5. The Balaban J connectivity index is 2.43. The van der Waals surface area contributed by atoms with E-state index in [1.54, 1.807) is 19.9 Å². The van der Waals surface area contributed by atoms with Crippen LogP contribution in [-0.4, -0.2) is 0 Å². The minimum absolute atomic E-state index is 0.00301. The van der Waals surface area contributed by atoms with Gasteiger partial charge >= 0.3 is 6.18 Å². The lowest BCUT2D eigenvalue weighted by Gasteiger charge is -2.09. The first-order valence-electron chi connectivity index (χ1n) is 5.27. The van der Waals surface area contributed by atoms with Crippen LogP contribution in [0.2, 0.25) is 0 Å². The van der Waals surface area contributed by atoms with Gasteiger partial charge in [-0.1, -0.05) is 0 Å². The van der Waals surface area contributed by atoms with Gasteiger partial charge in [0.15, 0.2) is 0 Å². The molecule has 0 spiro atoms. The van der Waals surface area contributed by atoms with Crippen LogP contribution < -0.4 is 0 Å². The molecule has 0 aliphatic heterocycles. The van der Waals surface area contributed by atoms with Crippen LogP contribution >= 0.6 is 38.9 Å². The normalized spacial score (nSPS) is 13.8. The zero-order valence-corrected chi connectivity index (χ0v) is 13.1. The SMILES string of the molecule is Cc1cc(C(Cl)c2scc(C(F)(F)F)c2Br)c(C)o1. The molecule has 2 rings (SSSR count). The summed E-state index contributed by atoms with van der Waals surface area (Å²) in [5, 5.41) is 0.407. The highest BCUT2D eigenvalue weighted by Crippen LogP contribution is 2.46. The van der Waals surface area contributed by atoms with Gasteiger partial charge in [0.25, 0.3) is 0 Å². The van der Waals surface area contributed by atoms with Crippen molar-refractivity contribution in [3.63, 3.8) is 0 Å². The molecule has 0 fully saturated rings. The minimum atomic E-state index is -4.38. The van der Waals surface area contributed by atoms with Crippen LogP contribution in [0.4, 0.5) is 13.2 Å². The smallest absolute Gasteiger partial charge is 0.418 e. The van der Waals surface area contributed by atoms with Gasteiger partial charge in [0.2, 0.25) is 0 Å². The van der Waals surface area contributed by atoms with Crippen molar-refractivity contribution >= 4 is 38.9 Å². The second-order valence-corrected chi connectivity index (χ2v) is 6.20. The van der Waals surface area contributed by atoms with E-state index in [4.69, 9.17) is 16.0 Å². The highest BCUT2D eigenvalue weighted by molar-refractivity contribution is 9.10. The highest BCUT2D eigenvalue weighted by Gasteiger charge is 2.36. The van der Waals surface area contributed by atoms with Crippen molar-refractivity contribution in [3.8, 4) is 0 Å². The quantitative estimate of drug-likeness (QED) is 0.583. The first-order valence-corrected chi connectivity index (χ1v) is 7.37. The summed E-state index contributed by atoms with van der Waals surface area (Å²) in [6, 6.07) is 1.74. The van der Waals surface area contributed by atoms with Crippen LogP contribution in [-0.2, 0) is 6.18 Å². The van der Waals surface area contributed by atoms with Gasteiger partial charge in [0.05, 0.1) is 10.9 Å². The van der Waals surface area contributed by atoms with E-state index in [1.807, 2.05) is 0 Å². The van der Waals surface area contributed by atoms with Crippen LogP contribution in [0.25, 0.3) is 0 Å². The Morgan fingerprint density at radius 2 is 2.00 bits per heavy atom. The van der Waals surface area contributed by atoms with Crippen LogP contribution in [0.1, 0.15) is 32.9 Å². The third-order valence-electron chi connectivity index (χ3n) is 2.64. The average molecular weight is 374 g/mol. The van der Waals surface area contributed by atoms with Gasteiger partial charge in [-0.25, -0.2) is 0 Å². The lowest BCUT2D eigenvalue weighted by molar-refractivity contribution is -0.137. The Bertz CT molecular complexity index is 603. The number of alkyl halides is 4. The van der Waals surface area contributed by atoms with Gasteiger partial charge in [-0.15, -0.1) is 22.9 Å². The standard InChI is InChI=1S/C12H9BrClF3OS/c1-5-3-7(6(2)18-5)10(14)11-9(13)8(4-19-11)12(15,16)17/h3-4,10H,1-2H3. The van der Waals surface area contributed by atoms with Gasteiger partial charge in [-0.3, -0.25) is 0 Å². The van der Waals surface area contributed by atoms with Gasteiger partial charge in [-0.2, -0.15) is 13.2 Å². The molecule has 19 heavy (non-hydrogen) atoms. The Morgan fingerprint density at radius 1 is 1.37 bits per heavy atom. The molecule has 0 aliphatic rings. The number of thiophene rings is 1. The molecule has 1 unspecified atom stereocenters. The molecule has 0 radical (unpaired) electrons. The molecule has 2 aromatic heterocycles. The summed E-state index contributed by atoms with van der Waals surface area (Å²) < 4.78 is 43.5. The summed E-state index contributed by atoms with van der Waals surface area (Å²) in [5.74, 6) is 1.30. The van der Waals surface area contributed by atoms with Crippen molar-refractivity contribution in [2.75, 3.05) is 0 Å². The Labute approximate surface area is 125 Å². The van der Waals surface area contributed by atoms with E-state index in [0.717, 1.165) is 16.7 Å². The summed E-state index contributed by atoms with van der Waals surface area (Å²) >= 11 is 10.2. The van der Waals surface area contributed by atoms with E-state index in [-0.39, 0.29) is 4.47 Å². The molecule has 1 nitrogen and oxygen atoms in total. The van der Waals surface area contributed by atoms with Crippen molar-refractivity contribution in [1.82, 2.24) is 0 Å². The van der Waals surface area contributed by atoms with E-state index in [1.165, 1.54) is 0 Å². The van der Waals surface area contributed by atoms with Crippen molar-refractivity contribution in [2.45, 2.75) is 25.4 Å². The van der Waals surface area contributed by atoms with Gasteiger partial charge in [0, 0.05) is 20.3 Å². The first kappa shape index (κ1) is 14.9. The zero-order chi connectivity index (χ0) is 14.4. The fourth-order valence-corrected chi connectivity index (χ4v) is 4.33. The average Bonchev–Trinajstić information content (AvgIpc) is 2.80. The molecule has 7 heteroatoms. The van der Waals surface area contributed by atoms with Gasteiger partial charge in [-0.05, 0) is 35.8 Å². The summed E-state index contributed by atoms with van der Waals surface area (Å²) in [6.07, 6.45) is -4.38. The van der Waals surface area contributed by atoms with Crippen LogP contribution in [0.5, 0.6) is 0 Å². The molecular weight excluding hydrogens is 365 g/mol. The molecule has 0 saturated heterocycles. The topological polar surface area (TPSA) is 13.1 Å². The number of furan rings is 1. The molecule has 0 bridgehead atoms. The molecule has 104 valence electrons. The van der Waals surface area contributed by atoms with Gasteiger partial charge in [0.1, 0.15) is 11.5 Å². The van der Waals surface area contributed by atoms with E-state index in [2.05, 4.69) is 15.9 Å². The fraction of sp³-hybridized carbons (Fsp3) is 0.333. The molecule has 0 aliphatic carbocycles. The van der Waals surface area contributed by atoms with Crippen LogP contribution in [0.15, 0.2) is 20.3 Å². The second kappa shape index (κ2) is 5.14. The maximum absolute atomic E-state index is 12.7. The molecule has 2 heterocycles. The number of hydrogen-bond donors (Lipinski definition) is 0. The third-order valence-corrected chi connectivity index (χ3v) is 5.39. The highest BCUT2D eigenvalue weighted by atomic mass is 79.9. The maximum atomic E-state index is 12.7. The Hall–Kier alpha value is -0.460. The second-order valence-electron chi connectivity index (χ2n) is 4.06. The van der Waals surface area contributed by atoms with E-state index < -0.39 is 17.1 Å². The number of hydrogen-bond acceptors (Lipinski definition) is 2. The largest absolute Gasteiger partial charge is 0.466 e. The van der Waals surface area contributed by atoms with Crippen molar-refractivity contribution in [3.05, 3.63) is 43.4 Å². The summed E-state index contributed by atoms with van der Waals surface area (Å²) in [5.41, 5.74) is -0.00791. The lowest BCUT2D eigenvalue weighted by atomic mass is 10.1. The molecule has 0 amide bonds. The molecule has 0 aromatic carbocycles. The van der Waals surface area contributed by atoms with E-state index >= 15 is 0 Å². The third kappa shape index (κ3) is 2.85. The lowest BCUT2D eigenvalue weighted by Crippen LogP contribution is -2.04. The van der Waals surface area contributed by atoms with Crippen molar-refractivity contribution in [2.24, 2.45) is 0 Å². The molecule has 1 atom stereocenters. The van der Waals surface area contributed by atoms with Crippen molar-refractivity contribution < 1.29 is 17.6 Å². The van der Waals surface area contributed by atoms with Crippen molar-refractivity contribution in [1.29, 1.82) is 0 Å². The van der Waals surface area contributed by atoms with Crippen LogP contribution in [0.3, 0.4) is 0 Å². The minimum Gasteiger partial charge on any atom is -0.466 e. The molecule has 0 saturated carbocycles. The Morgan fingerprint density at radius 3 is 2.42 bits per heavy atom.